The van der Waals surface area contributed by atoms with Crippen molar-refractivity contribution < 1.29 is 26.7 Å². The molecule has 0 amide bonds. The highest BCUT2D eigenvalue weighted by atomic mass is 35.5. The van der Waals surface area contributed by atoms with Gasteiger partial charge in [-0.2, -0.15) is 0 Å². The van der Waals surface area contributed by atoms with Gasteiger partial charge < -0.3 is 20.7 Å². The van der Waals surface area contributed by atoms with Crippen molar-refractivity contribution in [3.63, 3.8) is 0 Å². The van der Waals surface area contributed by atoms with Gasteiger partial charge in [0.25, 0.3) is 6.43 Å². The van der Waals surface area contributed by atoms with E-state index in [1.807, 2.05) is 12.1 Å². The Labute approximate surface area is 234 Å². The first-order valence-corrected chi connectivity index (χ1v) is 14.2. The van der Waals surface area contributed by atoms with E-state index in [-0.39, 0.29) is 16.0 Å². The number of aliphatic hydroxyl groups excluding tert-OH is 1. The normalized spacial score (nSPS) is 12.2. The summed E-state index contributed by atoms with van der Waals surface area (Å²) in [6.07, 6.45) is 0.689. The third-order valence-corrected chi connectivity index (χ3v) is 7.69. The van der Waals surface area contributed by atoms with Crippen molar-refractivity contribution in [1.29, 1.82) is 0 Å². The lowest BCUT2D eigenvalue weighted by atomic mass is 9.98. The molecular formula is C28H26ClF3N4O3S. The lowest BCUT2D eigenvalue weighted by molar-refractivity contribution is 0.146. The lowest BCUT2D eigenvalue weighted by Crippen LogP contribution is -2.15. The Bertz CT molecular complexity index is 1690. The molecule has 0 radical (unpaired) electrons. The standard InChI is InChI=1S/C28H26ClF3N4O3S/c1-16-35-25(28(31)32)14-36(16)26-8-5-18(19-10-23(30)22(15-37)27(11-19)40(2,38)39)9-21(26)24(12-33)34-13-17-3-6-20(29)7-4-17/h3-12,14,28,34,37H,13,15,33H2,1-2H3/b24-12-. The maximum Gasteiger partial charge on any atom is 0.281 e. The van der Waals surface area contributed by atoms with Crippen molar-refractivity contribution in [3.05, 3.63) is 106 Å². The van der Waals surface area contributed by atoms with Gasteiger partial charge in [-0.25, -0.2) is 26.6 Å². The Morgan fingerprint density at radius 3 is 2.42 bits per heavy atom. The molecule has 0 saturated heterocycles. The number of imidazole rings is 1. The van der Waals surface area contributed by atoms with Gasteiger partial charge in [-0.05, 0) is 60.0 Å². The minimum Gasteiger partial charge on any atom is -0.403 e. The van der Waals surface area contributed by atoms with E-state index in [0.29, 0.717) is 39.9 Å². The topological polar surface area (TPSA) is 110 Å². The minimum absolute atomic E-state index is 0.229. The molecule has 40 heavy (non-hydrogen) atoms. The second-order valence-electron chi connectivity index (χ2n) is 9.04. The molecule has 0 bridgehead atoms. The highest BCUT2D eigenvalue weighted by Gasteiger charge is 2.21. The summed E-state index contributed by atoms with van der Waals surface area (Å²) in [5.41, 5.74) is 8.15. The number of rotatable bonds is 9. The highest BCUT2D eigenvalue weighted by molar-refractivity contribution is 7.90. The number of alkyl halides is 2. The van der Waals surface area contributed by atoms with Gasteiger partial charge in [-0.3, -0.25) is 0 Å². The minimum atomic E-state index is -3.87. The summed E-state index contributed by atoms with van der Waals surface area (Å²) in [5.74, 6) is -0.579. The van der Waals surface area contributed by atoms with E-state index >= 15 is 0 Å². The van der Waals surface area contributed by atoms with Crippen molar-refractivity contribution in [2.45, 2.75) is 31.4 Å². The SMILES string of the molecule is Cc1nc(C(F)F)cn1-c1ccc(-c2cc(F)c(CO)c(S(C)(=O)=O)c2)cc1/C(=C/N)NCc1ccc(Cl)cc1. The van der Waals surface area contributed by atoms with Crippen LogP contribution in [0.1, 0.15) is 34.6 Å². The van der Waals surface area contributed by atoms with Gasteiger partial charge in [-0.15, -0.1) is 0 Å². The monoisotopic (exact) mass is 590 g/mol. The molecule has 3 aromatic carbocycles. The highest BCUT2D eigenvalue weighted by Crippen LogP contribution is 2.33. The van der Waals surface area contributed by atoms with Gasteiger partial charge in [0, 0.05) is 41.3 Å². The van der Waals surface area contributed by atoms with Crippen LogP contribution in [0, 0.1) is 12.7 Å². The largest absolute Gasteiger partial charge is 0.403 e. The maximum absolute atomic E-state index is 14.9. The number of aryl methyl sites for hydroxylation is 1. The van der Waals surface area contributed by atoms with Crippen LogP contribution in [0.4, 0.5) is 13.2 Å². The summed E-state index contributed by atoms with van der Waals surface area (Å²) < 4.78 is 68.0. The molecule has 0 unspecified atom stereocenters. The fraction of sp³-hybridized carbons (Fsp3) is 0.179. The molecule has 0 fully saturated rings. The van der Waals surface area contributed by atoms with Gasteiger partial charge in [0.2, 0.25) is 0 Å². The van der Waals surface area contributed by atoms with E-state index in [1.165, 1.54) is 23.0 Å². The fourth-order valence-corrected chi connectivity index (χ4v) is 5.37. The number of hydrogen-bond acceptors (Lipinski definition) is 6. The molecule has 12 heteroatoms. The van der Waals surface area contributed by atoms with Gasteiger partial charge in [-0.1, -0.05) is 29.8 Å². The molecule has 210 valence electrons. The average Bonchev–Trinajstić information content (AvgIpc) is 3.30. The van der Waals surface area contributed by atoms with Crippen LogP contribution in [0.3, 0.4) is 0 Å². The van der Waals surface area contributed by atoms with E-state index in [0.717, 1.165) is 17.9 Å². The van der Waals surface area contributed by atoms with Crippen LogP contribution in [0.5, 0.6) is 0 Å². The number of hydrogen-bond donors (Lipinski definition) is 3. The molecule has 0 aliphatic rings. The first-order valence-electron chi connectivity index (χ1n) is 12.0. The molecule has 1 aromatic heterocycles. The summed E-state index contributed by atoms with van der Waals surface area (Å²) in [7, 11) is -3.87. The van der Waals surface area contributed by atoms with Crippen molar-refractivity contribution in [1.82, 2.24) is 14.9 Å². The zero-order chi connectivity index (χ0) is 29.2. The zero-order valence-corrected chi connectivity index (χ0v) is 23.1. The number of nitrogens with zero attached hydrogens (tertiary/aromatic N) is 2. The van der Waals surface area contributed by atoms with Crippen LogP contribution in [0.25, 0.3) is 22.5 Å². The Hall–Kier alpha value is -3.80. The molecule has 7 nitrogen and oxygen atoms in total. The lowest BCUT2D eigenvalue weighted by Gasteiger charge is -2.18. The van der Waals surface area contributed by atoms with Crippen molar-refractivity contribution in [3.8, 4) is 16.8 Å². The van der Waals surface area contributed by atoms with Crippen molar-refractivity contribution in [2.75, 3.05) is 6.26 Å². The quantitative estimate of drug-likeness (QED) is 0.237. The molecule has 4 aromatic rings. The predicted octanol–water partition coefficient (Wildman–Crippen LogP) is 5.52. The molecule has 0 aliphatic carbocycles. The molecule has 4 N–H and O–H groups in total. The van der Waals surface area contributed by atoms with Crippen LogP contribution >= 0.6 is 11.6 Å². The van der Waals surface area contributed by atoms with Crippen LogP contribution in [-0.4, -0.2) is 29.3 Å². The number of benzene rings is 3. The molecular weight excluding hydrogens is 565 g/mol. The number of aromatic nitrogens is 2. The average molecular weight is 591 g/mol. The van der Waals surface area contributed by atoms with Crippen molar-refractivity contribution >= 4 is 27.1 Å². The predicted molar refractivity (Wildman–Crippen MR) is 148 cm³/mol. The number of nitrogens with one attached hydrogen (secondary N) is 1. The summed E-state index contributed by atoms with van der Waals surface area (Å²) in [6.45, 7) is 1.13. The second-order valence-corrected chi connectivity index (χ2v) is 11.5. The molecule has 1 heterocycles. The number of halogens is 4. The van der Waals surface area contributed by atoms with Gasteiger partial charge in [0.05, 0.1) is 22.9 Å². The number of sulfone groups is 1. The van der Waals surface area contributed by atoms with Crippen LogP contribution in [0.2, 0.25) is 5.02 Å². The third-order valence-electron chi connectivity index (χ3n) is 6.28. The number of aliphatic hydroxyl groups is 1. The molecule has 0 atom stereocenters. The first-order chi connectivity index (χ1) is 18.9. The summed E-state index contributed by atoms with van der Waals surface area (Å²) in [4.78, 5) is 3.62. The van der Waals surface area contributed by atoms with Gasteiger partial charge in [0.1, 0.15) is 17.3 Å². The van der Waals surface area contributed by atoms with E-state index in [2.05, 4.69) is 10.3 Å². The molecule has 0 spiro atoms. The van der Waals surface area contributed by atoms with Gasteiger partial charge in [0.15, 0.2) is 9.84 Å². The van der Waals surface area contributed by atoms with E-state index in [1.54, 1.807) is 37.3 Å². The fourth-order valence-electron chi connectivity index (χ4n) is 4.29. The Morgan fingerprint density at radius 1 is 1.15 bits per heavy atom. The summed E-state index contributed by atoms with van der Waals surface area (Å²) in [6, 6.07) is 14.4. The van der Waals surface area contributed by atoms with Crippen molar-refractivity contribution in [2.24, 2.45) is 5.73 Å². The van der Waals surface area contributed by atoms with Crippen LogP contribution in [0.15, 0.2) is 71.9 Å². The summed E-state index contributed by atoms with van der Waals surface area (Å²) >= 11 is 5.98. The van der Waals surface area contributed by atoms with E-state index < -0.39 is 34.4 Å². The molecule has 4 rings (SSSR count). The Morgan fingerprint density at radius 2 is 1.85 bits per heavy atom. The molecule has 0 aliphatic heterocycles. The van der Waals surface area contributed by atoms with Crippen LogP contribution in [-0.2, 0) is 23.0 Å². The van der Waals surface area contributed by atoms with Crippen LogP contribution < -0.4 is 11.1 Å². The summed E-state index contributed by atoms with van der Waals surface area (Å²) in [5, 5.41) is 13.4. The second kappa shape index (κ2) is 11.7. The Balaban J connectivity index is 1.87. The zero-order valence-electron chi connectivity index (χ0n) is 21.5. The number of nitrogens with two attached hydrogens (primary N) is 1. The smallest absolute Gasteiger partial charge is 0.281 e. The van der Waals surface area contributed by atoms with E-state index in [4.69, 9.17) is 17.3 Å². The van der Waals surface area contributed by atoms with Gasteiger partial charge >= 0.3 is 0 Å². The van der Waals surface area contributed by atoms with E-state index in [9.17, 15) is 26.7 Å². The maximum atomic E-state index is 14.9. The third kappa shape index (κ3) is 6.16. The first kappa shape index (κ1) is 29.2. The molecule has 0 saturated carbocycles. The Kier molecular flexibility index (Phi) is 8.57.